The fraction of sp³-hybridized carbons (Fsp3) is 0.200. The highest BCUT2D eigenvalue weighted by Crippen LogP contribution is 2.37. The first-order valence-corrected chi connectivity index (χ1v) is 4.64. The van der Waals surface area contributed by atoms with Crippen molar-refractivity contribution in [2.24, 2.45) is 0 Å². The third-order valence-corrected chi connectivity index (χ3v) is 2.18. The Kier molecular flexibility index (Phi) is 2.74. The van der Waals surface area contributed by atoms with Crippen LogP contribution in [0.1, 0.15) is 5.56 Å². The molecule has 1 aromatic heterocycles. The summed E-state index contributed by atoms with van der Waals surface area (Å²) in [4.78, 5) is 0. The number of methoxy groups -OCH3 is 1. The number of halogens is 3. The van der Waals surface area contributed by atoms with Gasteiger partial charge in [0, 0.05) is 0 Å². The maximum atomic E-state index is 12.7. The van der Waals surface area contributed by atoms with Gasteiger partial charge in [0.1, 0.15) is 5.75 Å². The van der Waals surface area contributed by atoms with Crippen LogP contribution in [0, 0.1) is 0 Å². The van der Waals surface area contributed by atoms with Crippen LogP contribution in [0.4, 0.5) is 13.2 Å². The normalized spacial score (nSPS) is 11.5. The second kappa shape index (κ2) is 4.08. The summed E-state index contributed by atoms with van der Waals surface area (Å²) in [5.41, 5.74) is -0.566. The molecule has 17 heavy (non-hydrogen) atoms. The summed E-state index contributed by atoms with van der Waals surface area (Å²) in [6.07, 6.45) is -1.62. The van der Waals surface area contributed by atoms with Gasteiger partial charge in [-0.25, -0.2) is 4.68 Å². The maximum absolute atomic E-state index is 12.7. The topological polar surface area (TPSA) is 39.9 Å². The number of rotatable bonds is 2. The zero-order chi connectivity index (χ0) is 12.5. The Balaban J connectivity index is 2.53. The van der Waals surface area contributed by atoms with Gasteiger partial charge in [0.15, 0.2) is 0 Å². The van der Waals surface area contributed by atoms with Gasteiger partial charge in [0.2, 0.25) is 0 Å². The van der Waals surface area contributed by atoms with Crippen molar-refractivity contribution in [3.8, 4) is 11.4 Å². The predicted molar refractivity (Wildman–Crippen MR) is 52.9 cm³/mol. The van der Waals surface area contributed by atoms with E-state index in [9.17, 15) is 13.2 Å². The molecule has 0 N–H and O–H groups in total. The molecule has 0 unspecified atom stereocenters. The molecule has 90 valence electrons. The molecular formula is C10H8F3N3O. The molecule has 1 aromatic carbocycles. The molecule has 0 radical (unpaired) electrons. The Labute approximate surface area is 94.6 Å². The van der Waals surface area contributed by atoms with Crippen molar-refractivity contribution in [2.45, 2.75) is 6.18 Å². The Bertz CT molecular complexity index is 508. The molecule has 1 heterocycles. The molecule has 0 fully saturated rings. The van der Waals surface area contributed by atoms with Crippen molar-refractivity contribution in [3.05, 3.63) is 36.2 Å². The second-order valence-corrected chi connectivity index (χ2v) is 3.23. The number of hydrogen-bond acceptors (Lipinski definition) is 3. The van der Waals surface area contributed by atoms with E-state index in [0.29, 0.717) is 0 Å². The molecule has 0 saturated heterocycles. The Hall–Kier alpha value is -2.05. The Morgan fingerprint density at radius 2 is 2.06 bits per heavy atom. The van der Waals surface area contributed by atoms with E-state index in [1.807, 2.05) is 0 Å². The summed E-state index contributed by atoms with van der Waals surface area (Å²) >= 11 is 0. The van der Waals surface area contributed by atoms with Crippen LogP contribution in [0.25, 0.3) is 5.69 Å². The fourth-order valence-corrected chi connectivity index (χ4v) is 1.41. The van der Waals surface area contributed by atoms with E-state index in [2.05, 4.69) is 15.0 Å². The molecule has 0 bridgehead atoms. The molecular weight excluding hydrogens is 235 g/mol. The van der Waals surface area contributed by atoms with Crippen LogP contribution in [0.2, 0.25) is 0 Å². The smallest absolute Gasteiger partial charge is 0.420 e. The average molecular weight is 243 g/mol. The standard InChI is InChI=1S/C10H8F3N3O/c1-17-9-3-2-7(16-5-4-14-15-16)6-8(9)10(11,12)13/h2-6H,1H3. The van der Waals surface area contributed by atoms with Crippen molar-refractivity contribution in [3.63, 3.8) is 0 Å². The lowest BCUT2D eigenvalue weighted by molar-refractivity contribution is -0.138. The molecule has 0 atom stereocenters. The van der Waals surface area contributed by atoms with E-state index in [0.717, 1.165) is 6.07 Å². The molecule has 0 spiro atoms. The zero-order valence-electron chi connectivity index (χ0n) is 8.77. The Morgan fingerprint density at radius 1 is 1.29 bits per heavy atom. The van der Waals surface area contributed by atoms with Gasteiger partial charge in [0.25, 0.3) is 0 Å². The minimum absolute atomic E-state index is 0.221. The SMILES string of the molecule is COc1ccc(-n2ccnn2)cc1C(F)(F)F. The van der Waals surface area contributed by atoms with E-state index >= 15 is 0 Å². The number of ether oxygens (including phenoxy) is 1. The van der Waals surface area contributed by atoms with Crippen LogP contribution >= 0.6 is 0 Å². The highest BCUT2D eigenvalue weighted by molar-refractivity contribution is 5.45. The third-order valence-electron chi connectivity index (χ3n) is 2.18. The van der Waals surface area contributed by atoms with Crippen molar-refractivity contribution in [1.29, 1.82) is 0 Å². The fourth-order valence-electron chi connectivity index (χ4n) is 1.41. The summed E-state index contributed by atoms with van der Waals surface area (Å²) in [6, 6.07) is 3.69. The molecule has 0 aliphatic heterocycles. The second-order valence-electron chi connectivity index (χ2n) is 3.23. The molecule has 0 aliphatic rings. The summed E-state index contributed by atoms with van der Waals surface area (Å²) in [5, 5.41) is 7.16. The summed E-state index contributed by atoms with van der Waals surface area (Å²) in [5.74, 6) is -0.221. The van der Waals surface area contributed by atoms with Gasteiger partial charge in [-0.15, -0.1) is 5.10 Å². The van der Waals surface area contributed by atoms with Gasteiger partial charge in [-0.3, -0.25) is 0 Å². The zero-order valence-corrected chi connectivity index (χ0v) is 8.77. The quantitative estimate of drug-likeness (QED) is 0.812. The Morgan fingerprint density at radius 3 is 2.59 bits per heavy atom. The lowest BCUT2D eigenvalue weighted by Crippen LogP contribution is -2.09. The van der Waals surface area contributed by atoms with Crippen LogP contribution in [-0.4, -0.2) is 22.1 Å². The van der Waals surface area contributed by atoms with Gasteiger partial charge < -0.3 is 4.74 Å². The molecule has 7 heteroatoms. The minimum Gasteiger partial charge on any atom is -0.496 e. The van der Waals surface area contributed by atoms with E-state index in [-0.39, 0.29) is 11.4 Å². The highest BCUT2D eigenvalue weighted by Gasteiger charge is 2.34. The molecule has 0 saturated carbocycles. The number of hydrogen-bond donors (Lipinski definition) is 0. The number of aromatic nitrogens is 3. The first-order chi connectivity index (χ1) is 8.02. The third kappa shape index (κ3) is 2.22. The molecule has 0 aliphatic carbocycles. The largest absolute Gasteiger partial charge is 0.496 e. The summed E-state index contributed by atoms with van der Waals surface area (Å²) in [6.45, 7) is 0. The molecule has 4 nitrogen and oxygen atoms in total. The predicted octanol–water partition coefficient (Wildman–Crippen LogP) is 2.29. The van der Waals surface area contributed by atoms with Crippen LogP contribution < -0.4 is 4.74 Å². The number of alkyl halides is 3. The van der Waals surface area contributed by atoms with Crippen molar-refractivity contribution >= 4 is 0 Å². The number of nitrogens with zero attached hydrogens (tertiary/aromatic N) is 3. The molecule has 0 amide bonds. The maximum Gasteiger partial charge on any atom is 0.420 e. The van der Waals surface area contributed by atoms with Crippen LogP contribution in [0.15, 0.2) is 30.6 Å². The van der Waals surface area contributed by atoms with Crippen molar-refractivity contribution < 1.29 is 17.9 Å². The first kappa shape index (κ1) is 11.4. The lowest BCUT2D eigenvalue weighted by Gasteiger charge is -2.13. The highest BCUT2D eigenvalue weighted by atomic mass is 19.4. The van der Waals surface area contributed by atoms with E-state index < -0.39 is 11.7 Å². The van der Waals surface area contributed by atoms with E-state index in [1.165, 1.54) is 36.3 Å². The van der Waals surface area contributed by atoms with Crippen LogP contribution in [0.3, 0.4) is 0 Å². The van der Waals surface area contributed by atoms with E-state index in [4.69, 9.17) is 0 Å². The van der Waals surface area contributed by atoms with Gasteiger partial charge in [0.05, 0.1) is 30.8 Å². The lowest BCUT2D eigenvalue weighted by atomic mass is 10.1. The summed E-state index contributed by atoms with van der Waals surface area (Å²) in [7, 11) is 1.19. The monoisotopic (exact) mass is 243 g/mol. The average Bonchev–Trinajstić information content (AvgIpc) is 2.80. The molecule has 2 aromatic rings. The number of benzene rings is 1. The molecule has 2 rings (SSSR count). The van der Waals surface area contributed by atoms with Gasteiger partial charge in [-0.2, -0.15) is 13.2 Å². The van der Waals surface area contributed by atoms with E-state index in [1.54, 1.807) is 0 Å². The van der Waals surface area contributed by atoms with Crippen LogP contribution in [0.5, 0.6) is 5.75 Å². The van der Waals surface area contributed by atoms with Crippen LogP contribution in [-0.2, 0) is 6.18 Å². The van der Waals surface area contributed by atoms with Crippen molar-refractivity contribution in [1.82, 2.24) is 15.0 Å². The van der Waals surface area contributed by atoms with Gasteiger partial charge >= 0.3 is 6.18 Å². The minimum atomic E-state index is -4.47. The van der Waals surface area contributed by atoms with Crippen molar-refractivity contribution in [2.75, 3.05) is 7.11 Å². The first-order valence-electron chi connectivity index (χ1n) is 4.64. The van der Waals surface area contributed by atoms with Gasteiger partial charge in [-0.1, -0.05) is 5.21 Å². The van der Waals surface area contributed by atoms with Gasteiger partial charge in [-0.05, 0) is 18.2 Å². The summed E-state index contributed by atoms with van der Waals surface area (Å²) < 4.78 is 44.1.